The number of rotatable bonds is 3. The molecule has 100 valence electrons. The normalized spacial score (nSPS) is 14.8. The van der Waals surface area contributed by atoms with Crippen LogP contribution in [0.1, 0.15) is 24.2 Å². The molecular weight excluding hydrogens is 294 g/mol. The molecule has 0 bridgehead atoms. The SMILES string of the molecule is Br.Cc1cnc(CCNC2=NCCCCN2)cn1. The van der Waals surface area contributed by atoms with Crippen LogP contribution >= 0.6 is 17.0 Å². The minimum Gasteiger partial charge on any atom is -0.356 e. The second-order valence-corrected chi connectivity index (χ2v) is 4.19. The number of halogens is 1. The first-order chi connectivity index (χ1) is 8.34. The number of nitrogens with one attached hydrogen (secondary N) is 2. The van der Waals surface area contributed by atoms with Gasteiger partial charge in [-0.25, -0.2) is 0 Å². The van der Waals surface area contributed by atoms with Gasteiger partial charge >= 0.3 is 0 Å². The highest BCUT2D eigenvalue weighted by atomic mass is 79.9. The van der Waals surface area contributed by atoms with E-state index in [0.717, 1.165) is 43.4 Å². The maximum Gasteiger partial charge on any atom is 0.191 e. The van der Waals surface area contributed by atoms with Gasteiger partial charge in [0.1, 0.15) is 0 Å². The fourth-order valence-electron chi connectivity index (χ4n) is 1.67. The average Bonchev–Trinajstić information content (AvgIpc) is 2.60. The standard InChI is InChI=1S/C12H19N5.BrH/c1-10-8-17-11(9-16-10)4-7-15-12-13-5-2-3-6-14-12;/h8-9H,2-7H2,1H3,(H2,13,14,15);1H. The second-order valence-electron chi connectivity index (χ2n) is 4.19. The van der Waals surface area contributed by atoms with E-state index in [1.54, 1.807) is 6.20 Å². The second kappa shape index (κ2) is 8.02. The van der Waals surface area contributed by atoms with Gasteiger partial charge in [-0.05, 0) is 19.8 Å². The van der Waals surface area contributed by atoms with Crippen molar-refractivity contribution in [3.63, 3.8) is 0 Å². The van der Waals surface area contributed by atoms with Crippen molar-refractivity contribution in [3.8, 4) is 0 Å². The Kier molecular flexibility index (Phi) is 6.64. The van der Waals surface area contributed by atoms with Crippen LogP contribution in [0.15, 0.2) is 17.4 Å². The molecule has 1 aromatic rings. The first kappa shape index (κ1) is 14.9. The summed E-state index contributed by atoms with van der Waals surface area (Å²) in [6.07, 6.45) is 6.86. The Morgan fingerprint density at radius 3 is 2.94 bits per heavy atom. The lowest BCUT2D eigenvalue weighted by Crippen LogP contribution is -2.38. The minimum absolute atomic E-state index is 0. The molecule has 1 aliphatic rings. The number of guanidine groups is 1. The van der Waals surface area contributed by atoms with Crippen LogP contribution in [0, 0.1) is 6.92 Å². The summed E-state index contributed by atoms with van der Waals surface area (Å²) in [5, 5.41) is 6.58. The van der Waals surface area contributed by atoms with Crippen molar-refractivity contribution >= 4 is 22.9 Å². The van der Waals surface area contributed by atoms with Crippen molar-refractivity contribution in [2.24, 2.45) is 4.99 Å². The molecule has 6 heteroatoms. The zero-order valence-electron chi connectivity index (χ0n) is 10.6. The smallest absolute Gasteiger partial charge is 0.191 e. The van der Waals surface area contributed by atoms with Crippen molar-refractivity contribution in [1.29, 1.82) is 0 Å². The van der Waals surface area contributed by atoms with Crippen LogP contribution < -0.4 is 10.6 Å². The van der Waals surface area contributed by atoms with Gasteiger partial charge in [0, 0.05) is 38.4 Å². The summed E-state index contributed by atoms with van der Waals surface area (Å²) >= 11 is 0. The molecule has 18 heavy (non-hydrogen) atoms. The highest BCUT2D eigenvalue weighted by Gasteiger charge is 2.02. The quantitative estimate of drug-likeness (QED) is 0.881. The van der Waals surface area contributed by atoms with Gasteiger partial charge < -0.3 is 10.6 Å². The van der Waals surface area contributed by atoms with Crippen LogP contribution in [0.4, 0.5) is 0 Å². The molecule has 0 spiro atoms. The summed E-state index contributed by atoms with van der Waals surface area (Å²) in [5.74, 6) is 0.919. The monoisotopic (exact) mass is 313 g/mol. The first-order valence-corrected chi connectivity index (χ1v) is 6.14. The molecule has 1 aliphatic heterocycles. The fourth-order valence-corrected chi connectivity index (χ4v) is 1.67. The van der Waals surface area contributed by atoms with Crippen LogP contribution in [0.3, 0.4) is 0 Å². The molecule has 0 aliphatic carbocycles. The predicted octanol–water partition coefficient (Wildman–Crippen LogP) is 1.23. The molecule has 0 unspecified atom stereocenters. The highest BCUT2D eigenvalue weighted by Crippen LogP contribution is 1.95. The number of aromatic nitrogens is 2. The van der Waals surface area contributed by atoms with E-state index in [2.05, 4.69) is 25.6 Å². The number of hydrogen-bond acceptors (Lipinski definition) is 5. The van der Waals surface area contributed by atoms with Crippen molar-refractivity contribution in [1.82, 2.24) is 20.6 Å². The molecule has 1 aromatic heterocycles. The van der Waals surface area contributed by atoms with Crippen molar-refractivity contribution in [3.05, 3.63) is 23.8 Å². The summed E-state index contributed by atoms with van der Waals surface area (Å²) in [6.45, 7) is 4.71. The van der Waals surface area contributed by atoms with E-state index in [-0.39, 0.29) is 17.0 Å². The van der Waals surface area contributed by atoms with Gasteiger partial charge in [-0.2, -0.15) is 0 Å². The summed E-state index contributed by atoms with van der Waals surface area (Å²) in [5.41, 5.74) is 1.97. The van der Waals surface area contributed by atoms with Crippen LogP contribution in [-0.4, -0.2) is 35.6 Å². The number of hydrogen-bond donors (Lipinski definition) is 2. The Hall–Kier alpha value is -1.17. The summed E-state index contributed by atoms with van der Waals surface area (Å²) < 4.78 is 0. The third kappa shape index (κ3) is 5.00. The Morgan fingerprint density at radius 2 is 2.17 bits per heavy atom. The Labute approximate surface area is 118 Å². The molecule has 2 heterocycles. The van der Waals surface area contributed by atoms with Gasteiger partial charge in [0.15, 0.2) is 5.96 Å². The van der Waals surface area contributed by atoms with E-state index < -0.39 is 0 Å². The van der Waals surface area contributed by atoms with E-state index in [9.17, 15) is 0 Å². The molecule has 5 nitrogen and oxygen atoms in total. The van der Waals surface area contributed by atoms with Crippen LogP contribution in [0.2, 0.25) is 0 Å². The Balaban J connectivity index is 0.00000162. The van der Waals surface area contributed by atoms with Gasteiger partial charge in [-0.3, -0.25) is 15.0 Å². The molecule has 2 rings (SSSR count). The molecule has 0 aromatic carbocycles. The topological polar surface area (TPSA) is 62.2 Å². The summed E-state index contributed by atoms with van der Waals surface area (Å²) in [4.78, 5) is 13.0. The van der Waals surface area contributed by atoms with E-state index in [1.165, 1.54) is 12.8 Å². The van der Waals surface area contributed by atoms with Gasteiger partial charge in [0.05, 0.1) is 11.4 Å². The molecule has 0 atom stereocenters. The lowest BCUT2D eigenvalue weighted by atomic mass is 10.3. The number of aliphatic imine (C=N–C) groups is 1. The van der Waals surface area contributed by atoms with Gasteiger partial charge in [-0.15, -0.1) is 17.0 Å². The molecule has 0 saturated carbocycles. The maximum absolute atomic E-state index is 4.43. The van der Waals surface area contributed by atoms with E-state index >= 15 is 0 Å². The predicted molar refractivity (Wildman–Crippen MR) is 78.3 cm³/mol. The van der Waals surface area contributed by atoms with Crippen LogP contribution in [0.25, 0.3) is 0 Å². The average molecular weight is 314 g/mol. The van der Waals surface area contributed by atoms with Gasteiger partial charge in [0.2, 0.25) is 0 Å². The molecule has 2 N–H and O–H groups in total. The molecule has 0 radical (unpaired) electrons. The maximum atomic E-state index is 4.43. The van der Waals surface area contributed by atoms with E-state index in [0.29, 0.717) is 0 Å². The highest BCUT2D eigenvalue weighted by molar-refractivity contribution is 8.93. The molecule has 0 fully saturated rings. The minimum atomic E-state index is 0. The van der Waals surface area contributed by atoms with E-state index in [4.69, 9.17) is 0 Å². The zero-order valence-corrected chi connectivity index (χ0v) is 12.4. The molecule has 0 saturated heterocycles. The number of nitrogens with zero attached hydrogens (tertiary/aromatic N) is 3. The lowest BCUT2D eigenvalue weighted by molar-refractivity contribution is 0.739. The lowest BCUT2D eigenvalue weighted by Gasteiger charge is -2.09. The molecule has 0 amide bonds. The Bertz CT molecular complexity index is 377. The largest absolute Gasteiger partial charge is 0.356 e. The van der Waals surface area contributed by atoms with E-state index in [1.807, 2.05) is 13.1 Å². The van der Waals surface area contributed by atoms with Crippen molar-refractivity contribution in [2.75, 3.05) is 19.6 Å². The van der Waals surface area contributed by atoms with Crippen LogP contribution in [-0.2, 0) is 6.42 Å². The first-order valence-electron chi connectivity index (χ1n) is 6.14. The Morgan fingerprint density at radius 1 is 1.28 bits per heavy atom. The van der Waals surface area contributed by atoms with Gasteiger partial charge in [-0.1, -0.05) is 0 Å². The summed E-state index contributed by atoms with van der Waals surface area (Å²) in [7, 11) is 0. The number of aryl methyl sites for hydroxylation is 1. The third-order valence-electron chi connectivity index (χ3n) is 2.66. The van der Waals surface area contributed by atoms with Crippen LogP contribution in [0.5, 0.6) is 0 Å². The molecular formula is C12H20BrN5. The van der Waals surface area contributed by atoms with Crippen molar-refractivity contribution in [2.45, 2.75) is 26.2 Å². The fraction of sp³-hybridized carbons (Fsp3) is 0.583. The third-order valence-corrected chi connectivity index (χ3v) is 2.66. The summed E-state index contributed by atoms with van der Waals surface area (Å²) in [6, 6.07) is 0. The zero-order chi connectivity index (χ0) is 11.9. The van der Waals surface area contributed by atoms with Crippen molar-refractivity contribution < 1.29 is 0 Å². The van der Waals surface area contributed by atoms with Gasteiger partial charge in [0.25, 0.3) is 0 Å².